The van der Waals surface area contributed by atoms with Gasteiger partial charge in [-0.05, 0) is 38.1 Å². The lowest BCUT2D eigenvalue weighted by Crippen LogP contribution is -2.35. The predicted molar refractivity (Wildman–Crippen MR) is 60.5 cm³/mol. The van der Waals surface area contributed by atoms with Crippen LogP contribution in [0.3, 0.4) is 0 Å². The molecule has 1 N–H and O–H groups in total. The Balaban J connectivity index is 1.71. The van der Waals surface area contributed by atoms with E-state index in [2.05, 4.69) is 17.1 Å². The Hall–Kier alpha value is -0.0800. The summed E-state index contributed by atoms with van der Waals surface area (Å²) in [7, 11) is 0. The van der Waals surface area contributed by atoms with E-state index in [1.54, 1.807) is 0 Å². The van der Waals surface area contributed by atoms with Crippen molar-refractivity contribution in [1.82, 2.24) is 10.2 Å². The molecule has 1 heterocycles. The maximum Gasteiger partial charge on any atom is 0.0107 e. The largest absolute Gasteiger partial charge is 0.313 e. The number of rotatable bonds is 3. The van der Waals surface area contributed by atoms with Crippen LogP contribution in [0.25, 0.3) is 0 Å². The molecule has 1 aliphatic heterocycles. The molecule has 2 nitrogen and oxygen atoms in total. The van der Waals surface area contributed by atoms with Crippen LogP contribution in [-0.2, 0) is 0 Å². The second-order valence-corrected chi connectivity index (χ2v) is 4.95. The molecule has 1 unspecified atom stereocenters. The topological polar surface area (TPSA) is 15.3 Å². The molecule has 1 atom stereocenters. The number of nitrogens with zero attached hydrogens (tertiary/aromatic N) is 1. The van der Waals surface area contributed by atoms with E-state index in [1.807, 2.05) is 0 Å². The monoisotopic (exact) mass is 196 g/mol. The van der Waals surface area contributed by atoms with Crippen LogP contribution in [0, 0.1) is 5.92 Å². The third-order valence-electron chi connectivity index (χ3n) is 3.89. The molecular weight excluding hydrogens is 172 g/mol. The lowest BCUT2D eigenvalue weighted by Gasteiger charge is -2.31. The van der Waals surface area contributed by atoms with Gasteiger partial charge in [-0.2, -0.15) is 0 Å². The fourth-order valence-electron chi connectivity index (χ4n) is 2.55. The van der Waals surface area contributed by atoms with Gasteiger partial charge in [-0.15, -0.1) is 0 Å². The van der Waals surface area contributed by atoms with Crippen molar-refractivity contribution >= 4 is 0 Å². The van der Waals surface area contributed by atoms with Gasteiger partial charge in [0.25, 0.3) is 0 Å². The number of hydrogen-bond acceptors (Lipinski definition) is 2. The van der Waals surface area contributed by atoms with Gasteiger partial charge in [0.15, 0.2) is 0 Å². The molecule has 2 fully saturated rings. The van der Waals surface area contributed by atoms with Crippen molar-refractivity contribution in [2.45, 2.75) is 45.1 Å². The van der Waals surface area contributed by atoms with Gasteiger partial charge in [-0.1, -0.05) is 13.3 Å². The van der Waals surface area contributed by atoms with Gasteiger partial charge >= 0.3 is 0 Å². The molecule has 0 spiro atoms. The van der Waals surface area contributed by atoms with E-state index in [0.29, 0.717) is 0 Å². The second kappa shape index (κ2) is 5.13. The van der Waals surface area contributed by atoms with Gasteiger partial charge in [0, 0.05) is 25.7 Å². The first-order chi connectivity index (χ1) is 6.88. The zero-order valence-corrected chi connectivity index (χ0v) is 9.47. The van der Waals surface area contributed by atoms with Gasteiger partial charge in [-0.25, -0.2) is 0 Å². The molecule has 82 valence electrons. The minimum atomic E-state index is 0.779. The lowest BCUT2D eigenvalue weighted by molar-refractivity contribution is 0.185. The molecule has 0 bridgehead atoms. The van der Waals surface area contributed by atoms with Crippen LogP contribution >= 0.6 is 0 Å². The van der Waals surface area contributed by atoms with Gasteiger partial charge < -0.3 is 10.2 Å². The van der Waals surface area contributed by atoms with Crippen molar-refractivity contribution in [2.75, 3.05) is 26.2 Å². The first-order valence-corrected chi connectivity index (χ1v) is 6.34. The van der Waals surface area contributed by atoms with E-state index < -0.39 is 0 Å². The third-order valence-corrected chi connectivity index (χ3v) is 3.89. The van der Waals surface area contributed by atoms with Crippen LogP contribution in [0.5, 0.6) is 0 Å². The average Bonchev–Trinajstić information content (AvgIpc) is 2.36. The van der Waals surface area contributed by atoms with Crippen LogP contribution < -0.4 is 5.32 Å². The fraction of sp³-hybridized carbons (Fsp3) is 1.00. The van der Waals surface area contributed by atoms with E-state index in [9.17, 15) is 0 Å². The first-order valence-electron chi connectivity index (χ1n) is 6.34. The summed E-state index contributed by atoms with van der Waals surface area (Å²) in [5.74, 6) is 1.04. The molecule has 1 saturated carbocycles. The van der Waals surface area contributed by atoms with Gasteiger partial charge in [-0.3, -0.25) is 0 Å². The summed E-state index contributed by atoms with van der Waals surface area (Å²) in [6, 6.07) is 0.779. The van der Waals surface area contributed by atoms with Crippen molar-refractivity contribution in [1.29, 1.82) is 0 Å². The van der Waals surface area contributed by atoms with Crippen LogP contribution in [0.15, 0.2) is 0 Å². The molecule has 1 aliphatic carbocycles. The average molecular weight is 196 g/mol. The van der Waals surface area contributed by atoms with E-state index >= 15 is 0 Å². The molecule has 2 rings (SSSR count). The fourth-order valence-corrected chi connectivity index (χ4v) is 2.55. The minimum absolute atomic E-state index is 0.779. The highest BCUT2D eigenvalue weighted by Gasteiger charge is 2.22. The zero-order chi connectivity index (χ0) is 9.80. The predicted octanol–water partition coefficient (Wildman–Crippen LogP) is 1.86. The van der Waals surface area contributed by atoms with Crippen molar-refractivity contribution < 1.29 is 0 Å². The summed E-state index contributed by atoms with van der Waals surface area (Å²) in [5, 5.41) is 3.63. The smallest absolute Gasteiger partial charge is 0.0107 e. The zero-order valence-electron chi connectivity index (χ0n) is 9.47. The Morgan fingerprint density at radius 3 is 2.71 bits per heavy atom. The standard InChI is InChI=1S/C12H24N2/c1-2-12-6-8-14(9-7-13-12)10-11-4-3-5-11/h11-13H,2-10H2,1H3. The van der Waals surface area contributed by atoms with E-state index in [1.165, 1.54) is 58.3 Å². The summed E-state index contributed by atoms with van der Waals surface area (Å²) in [6.45, 7) is 7.46. The molecule has 0 aromatic carbocycles. The van der Waals surface area contributed by atoms with E-state index in [-0.39, 0.29) is 0 Å². The Bertz CT molecular complexity index is 166. The van der Waals surface area contributed by atoms with Crippen molar-refractivity contribution in [3.63, 3.8) is 0 Å². The quantitative estimate of drug-likeness (QED) is 0.741. The summed E-state index contributed by atoms with van der Waals surface area (Å²) in [4.78, 5) is 2.67. The highest BCUT2D eigenvalue weighted by Crippen LogP contribution is 2.27. The Morgan fingerprint density at radius 2 is 2.07 bits per heavy atom. The highest BCUT2D eigenvalue weighted by molar-refractivity contribution is 4.78. The Kier molecular flexibility index (Phi) is 3.82. The molecule has 0 aromatic rings. The van der Waals surface area contributed by atoms with Crippen LogP contribution in [-0.4, -0.2) is 37.1 Å². The SMILES string of the molecule is CCC1CCN(CC2CCC2)CCN1. The Morgan fingerprint density at radius 1 is 1.21 bits per heavy atom. The first kappa shape index (κ1) is 10.4. The lowest BCUT2D eigenvalue weighted by atomic mass is 9.85. The van der Waals surface area contributed by atoms with Crippen molar-refractivity contribution in [2.24, 2.45) is 5.92 Å². The Labute approximate surface area is 88.1 Å². The van der Waals surface area contributed by atoms with Crippen LogP contribution in [0.2, 0.25) is 0 Å². The molecule has 0 amide bonds. The number of hydrogen-bond donors (Lipinski definition) is 1. The molecule has 0 aromatic heterocycles. The highest BCUT2D eigenvalue weighted by atomic mass is 15.2. The molecule has 1 saturated heterocycles. The molecule has 2 heteroatoms. The second-order valence-electron chi connectivity index (χ2n) is 4.95. The summed E-state index contributed by atoms with van der Waals surface area (Å²) >= 11 is 0. The van der Waals surface area contributed by atoms with E-state index in [0.717, 1.165) is 12.0 Å². The van der Waals surface area contributed by atoms with Gasteiger partial charge in [0.05, 0.1) is 0 Å². The van der Waals surface area contributed by atoms with E-state index in [4.69, 9.17) is 0 Å². The van der Waals surface area contributed by atoms with Crippen LogP contribution in [0.4, 0.5) is 0 Å². The third kappa shape index (κ3) is 2.71. The van der Waals surface area contributed by atoms with Crippen LogP contribution in [0.1, 0.15) is 39.0 Å². The molecule has 14 heavy (non-hydrogen) atoms. The molecule has 0 radical (unpaired) electrons. The number of nitrogens with one attached hydrogen (secondary N) is 1. The van der Waals surface area contributed by atoms with Gasteiger partial charge in [0.1, 0.15) is 0 Å². The molecular formula is C12H24N2. The molecule has 2 aliphatic rings. The minimum Gasteiger partial charge on any atom is -0.313 e. The van der Waals surface area contributed by atoms with Crippen molar-refractivity contribution in [3.8, 4) is 0 Å². The summed E-state index contributed by atoms with van der Waals surface area (Å²) < 4.78 is 0. The normalized spacial score (nSPS) is 31.1. The van der Waals surface area contributed by atoms with Gasteiger partial charge in [0.2, 0.25) is 0 Å². The maximum absolute atomic E-state index is 3.63. The summed E-state index contributed by atoms with van der Waals surface area (Å²) in [6.07, 6.45) is 7.09. The maximum atomic E-state index is 3.63. The van der Waals surface area contributed by atoms with Crippen molar-refractivity contribution in [3.05, 3.63) is 0 Å². The summed E-state index contributed by atoms with van der Waals surface area (Å²) in [5.41, 5.74) is 0.